The first kappa shape index (κ1) is 18.9. The highest BCUT2D eigenvalue weighted by Crippen LogP contribution is 2.24. The number of hydrogen-bond acceptors (Lipinski definition) is 4. The van der Waals surface area contributed by atoms with Crippen molar-refractivity contribution in [1.29, 1.82) is 0 Å². The number of rotatable bonds is 5. The first-order valence-electron chi connectivity index (χ1n) is 9.51. The van der Waals surface area contributed by atoms with Crippen molar-refractivity contribution in [1.82, 2.24) is 10.3 Å². The van der Waals surface area contributed by atoms with E-state index in [1.165, 1.54) is 24.8 Å². The van der Waals surface area contributed by atoms with E-state index in [0.29, 0.717) is 12.1 Å². The number of anilines is 1. The molecule has 1 saturated heterocycles. The van der Waals surface area contributed by atoms with E-state index >= 15 is 0 Å². The minimum absolute atomic E-state index is 0.0167. The second kappa shape index (κ2) is 8.21. The lowest BCUT2D eigenvalue weighted by molar-refractivity contribution is 0.0954. The van der Waals surface area contributed by atoms with E-state index in [1.807, 2.05) is 24.3 Å². The molecule has 2 heterocycles. The van der Waals surface area contributed by atoms with Crippen LogP contribution < -0.4 is 10.2 Å². The highest BCUT2D eigenvalue weighted by Gasteiger charge is 2.15. The summed E-state index contributed by atoms with van der Waals surface area (Å²) in [6.45, 7) is 9.38. The predicted octanol–water partition coefficient (Wildman–Crippen LogP) is 4.40. The minimum Gasteiger partial charge on any atom is -0.352 e. The Balaban J connectivity index is 1.48. The maximum absolute atomic E-state index is 12.3. The van der Waals surface area contributed by atoms with Crippen molar-refractivity contribution in [3.8, 4) is 0 Å². The number of carbonyl (C=O) groups is 1. The van der Waals surface area contributed by atoms with E-state index in [9.17, 15) is 4.79 Å². The molecular weight excluding hydrogens is 342 g/mol. The standard InChI is InChI=1S/C21H29N3OS/c1-21(2,3)17-9-7-16(8-10-17)19(25)22-12-11-18-15-26-20(23-18)24-13-5-4-6-14-24/h7-10,15H,4-6,11-14H2,1-3H3,(H,22,25). The van der Waals surface area contributed by atoms with E-state index in [1.54, 1.807) is 11.3 Å². The van der Waals surface area contributed by atoms with Gasteiger partial charge in [0.25, 0.3) is 5.91 Å². The summed E-state index contributed by atoms with van der Waals surface area (Å²) in [5.74, 6) is -0.0167. The molecule has 0 bridgehead atoms. The van der Waals surface area contributed by atoms with Crippen LogP contribution in [-0.4, -0.2) is 30.5 Å². The topological polar surface area (TPSA) is 45.2 Å². The van der Waals surface area contributed by atoms with Crippen LogP contribution in [0.25, 0.3) is 0 Å². The van der Waals surface area contributed by atoms with Crippen LogP contribution in [0, 0.1) is 0 Å². The average molecular weight is 372 g/mol. The lowest BCUT2D eigenvalue weighted by Crippen LogP contribution is -2.29. The molecule has 140 valence electrons. The highest BCUT2D eigenvalue weighted by atomic mass is 32.1. The van der Waals surface area contributed by atoms with Crippen molar-refractivity contribution < 1.29 is 4.79 Å². The van der Waals surface area contributed by atoms with Crippen molar-refractivity contribution in [2.45, 2.75) is 51.9 Å². The van der Waals surface area contributed by atoms with E-state index in [2.05, 4.69) is 36.4 Å². The summed E-state index contributed by atoms with van der Waals surface area (Å²) in [7, 11) is 0. The molecule has 1 aromatic carbocycles. The number of benzene rings is 1. The fraction of sp³-hybridized carbons (Fsp3) is 0.524. The van der Waals surface area contributed by atoms with Crippen molar-refractivity contribution >= 4 is 22.4 Å². The maximum atomic E-state index is 12.3. The van der Waals surface area contributed by atoms with E-state index < -0.39 is 0 Å². The van der Waals surface area contributed by atoms with E-state index in [0.717, 1.165) is 30.3 Å². The Bertz CT molecular complexity index is 724. The van der Waals surface area contributed by atoms with Crippen molar-refractivity contribution in [2.75, 3.05) is 24.5 Å². The smallest absolute Gasteiger partial charge is 0.251 e. The molecule has 5 heteroatoms. The Labute approximate surface area is 160 Å². The largest absolute Gasteiger partial charge is 0.352 e. The van der Waals surface area contributed by atoms with Gasteiger partial charge in [0, 0.05) is 37.0 Å². The van der Waals surface area contributed by atoms with Gasteiger partial charge >= 0.3 is 0 Å². The van der Waals surface area contributed by atoms with Crippen LogP contribution in [0.15, 0.2) is 29.6 Å². The summed E-state index contributed by atoms with van der Waals surface area (Å²) < 4.78 is 0. The van der Waals surface area contributed by atoms with Gasteiger partial charge in [-0.05, 0) is 42.4 Å². The number of nitrogens with one attached hydrogen (secondary N) is 1. The molecular formula is C21H29N3OS. The SMILES string of the molecule is CC(C)(C)c1ccc(C(=O)NCCc2csc(N3CCCCC3)n2)cc1. The van der Waals surface area contributed by atoms with Crippen LogP contribution in [0.1, 0.15) is 61.6 Å². The number of carbonyl (C=O) groups excluding carboxylic acids is 1. The lowest BCUT2D eigenvalue weighted by Gasteiger charge is -2.25. The summed E-state index contributed by atoms with van der Waals surface area (Å²) in [5, 5.41) is 6.25. The number of nitrogens with zero attached hydrogens (tertiary/aromatic N) is 2. The molecule has 0 aliphatic carbocycles. The Hall–Kier alpha value is -1.88. The fourth-order valence-corrected chi connectivity index (χ4v) is 4.08. The summed E-state index contributed by atoms with van der Waals surface area (Å²) in [4.78, 5) is 19.4. The van der Waals surface area contributed by atoms with Crippen LogP contribution in [0.3, 0.4) is 0 Å². The maximum Gasteiger partial charge on any atom is 0.251 e. The summed E-state index contributed by atoms with van der Waals surface area (Å²) in [5.41, 5.74) is 3.12. The molecule has 0 unspecified atom stereocenters. The molecule has 3 rings (SSSR count). The molecule has 0 atom stereocenters. The predicted molar refractivity (Wildman–Crippen MR) is 109 cm³/mol. The number of piperidine rings is 1. The summed E-state index contributed by atoms with van der Waals surface area (Å²) in [6.07, 6.45) is 4.63. The molecule has 4 nitrogen and oxygen atoms in total. The molecule has 0 saturated carbocycles. The molecule has 26 heavy (non-hydrogen) atoms. The quantitative estimate of drug-likeness (QED) is 0.847. The molecule has 0 radical (unpaired) electrons. The molecule has 1 fully saturated rings. The Morgan fingerprint density at radius 1 is 1.15 bits per heavy atom. The average Bonchev–Trinajstić information content (AvgIpc) is 3.11. The fourth-order valence-electron chi connectivity index (χ4n) is 3.17. The molecule has 1 amide bonds. The van der Waals surface area contributed by atoms with Gasteiger partial charge in [0.15, 0.2) is 5.13 Å². The summed E-state index contributed by atoms with van der Waals surface area (Å²) in [6, 6.07) is 7.90. The van der Waals surface area contributed by atoms with Gasteiger partial charge in [-0.3, -0.25) is 4.79 Å². The van der Waals surface area contributed by atoms with Crippen LogP contribution in [0.2, 0.25) is 0 Å². The zero-order chi connectivity index (χ0) is 18.6. The van der Waals surface area contributed by atoms with Gasteiger partial charge in [0.2, 0.25) is 0 Å². The summed E-state index contributed by atoms with van der Waals surface area (Å²) >= 11 is 1.72. The first-order chi connectivity index (χ1) is 12.4. The molecule has 1 aliphatic heterocycles. The van der Waals surface area contributed by atoms with Crippen LogP contribution in [0.4, 0.5) is 5.13 Å². The Morgan fingerprint density at radius 2 is 1.85 bits per heavy atom. The highest BCUT2D eigenvalue weighted by molar-refractivity contribution is 7.13. The van der Waals surface area contributed by atoms with Gasteiger partial charge in [-0.15, -0.1) is 11.3 Å². The minimum atomic E-state index is -0.0167. The molecule has 1 aliphatic rings. The van der Waals surface area contributed by atoms with Crippen molar-refractivity contribution in [2.24, 2.45) is 0 Å². The Kier molecular flexibility index (Phi) is 5.97. The van der Waals surface area contributed by atoms with Crippen LogP contribution in [0.5, 0.6) is 0 Å². The number of aromatic nitrogens is 1. The van der Waals surface area contributed by atoms with Crippen molar-refractivity contribution in [3.63, 3.8) is 0 Å². The molecule has 1 aromatic heterocycles. The van der Waals surface area contributed by atoms with Crippen molar-refractivity contribution in [3.05, 3.63) is 46.5 Å². The monoisotopic (exact) mass is 371 g/mol. The number of amides is 1. The van der Waals surface area contributed by atoms with Crippen LogP contribution in [-0.2, 0) is 11.8 Å². The third kappa shape index (κ3) is 4.85. The molecule has 1 N–H and O–H groups in total. The van der Waals surface area contributed by atoms with E-state index in [4.69, 9.17) is 4.98 Å². The molecule has 0 spiro atoms. The van der Waals surface area contributed by atoms with Gasteiger partial charge < -0.3 is 10.2 Å². The van der Waals surface area contributed by atoms with Gasteiger partial charge in [-0.1, -0.05) is 32.9 Å². The molecule has 2 aromatic rings. The second-order valence-corrected chi connectivity index (χ2v) is 8.84. The van der Waals surface area contributed by atoms with Gasteiger partial charge in [0.05, 0.1) is 5.69 Å². The number of hydrogen-bond donors (Lipinski definition) is 1. The van der Waals surface area contributed by atoms with Gasteiger partial charge in [0.1, 0.15) is 0 Å². The third-order valence-electron chi connectivity index (χ3n) is 4.85. The zero-order valence-electron chi connectivity index (χ0n) is 16.0. The van der Waals surface area contributed by atoms with Crippen LogP contribution >= 0.6 is 11.3 Å². The second-order valence-electron chi connectivity index (χ2n) is 8.00. The number of thiazole rings is 1. The zero-order valence-corrected chi connectivity index (χ0v) is 16.9. The third-order valence-corrected chi connectivity index (χ3v) is 5.80. The Morgan fingerprint density at radius 3 is 2.50 bits per heavy atom. The normalized spacial score (nSPS) is 15.1. The van der Waals surface area contributed by atoms with Gasteiger partial charge in [-0.2, -0.15) is 0 Å². The lowest BCUT2D eigenvalue weighted by atomic mass is 9.87. The van der Waals surface area contributed by atoms with Gasteiger partial charge in [-0.25, -0.2) is 4.98 Å². The van der Waals surface area contributed by atoms with E-state index in [-0.39, 0.29) is 11.3 Å². The first-order valence-corrected chi connectivity index (χ1v) is 10.4.